The zero-order chi connectivity index (χ0) is 19.7. The Labute approximate surface area is 168 Å². The maximum Gasteiger partial charge on any atom is 0.315 e. The van der Waals surface area contributed by atoms with E-state index in [2.05, 4.69) is 48.0 Å². The molecule has 5 rings (SSSR count). The molecule has 0 aliphatic heterocycles. The Morgan fingerprint density at radius 3 is 2.25 bits per heavy atom. The van der Waals surface area contributed by atoms with Crippen LogP contribution in [-0.4, -0.2) is 24.0 Å². The van der Waals surface area contributed by atoms with Crippen molar-refractivity contribution in [3.8, 4) is 0 Å². The van der Waals surface area contributed by atoms with Crippen molar-refractivity contribution in [3.05, 3.63) is 34.9 Å². The molecule has 0 atom stereocenters. The normalized spacial score (nSPS) is 30.1. The number of carbonyl (C=O) groups excluding carboxylic acids is 2. The third kappa shape index (κ3) is 4.34. The number of amides is 3. The van der Waals surface area contributed by atoms with E-state index in [1.54, 1.807) is 0 Å². The first kappa shape index (κ1) is 19.3. The molecule has 0 radical (unpaired) electrons. The van der Waals surface area contributed by atoms with Gasteiger partial charge in [0, 0.05) is 25.0 Å². The Kier molecular flexibility index (Phi) is 5.35. The quantitative estimate of drug-likeness (QED) is 0.703. The minimum absolute atomic E-state index is 0.0179. The number of hydrogen-bond donors (Lipinski definition) is 3. The van der Waals surface area contributed by atoms with Gasteiger partial charge in [-0.3, -0.25) is 4.79 Å². The molecule has 5 heteroatoms. The van der Waals surface area contributed by atoms with E-state index in [9.17, 15) is 9.59 Å². The Balaban J connectivity index is 1.18. The van der Waals surface area contributed by atoms with Crippen molar-refractivity contribution in [2.75, 3.05) is 6.54 Å². The summed E-state index contributed by atoms with van der Waals surface area (Å²) in [6.45, 7) is 5.03. The summed E-state index contributed by atoms with van der Waals surface area (Å²) in [5.74, 6) is 2.39. The van der Waals surface area contributed by atoms with E-state index in [0.717, 1.165) is 42.6 Å². The number of hydrogen-bond acceptors (Lipinski definition) is 2. The Morgan fingerprint density at radius 1 is 1.00 bits per heavy atom. The zero-order valence-electron chi connectivity index (χ0n) is 17.1. The molecule has 5 nitrogen and oxygen atoms in total. The van der Waals surface area contributed by atoms with E-state index in [0.29, 0.717) is 19.5 Å². The van der Waals surface area contributed by atoms with Crippen molar-refractivity contribution < 1.29 is 9.59 Å². The first-order chi connectivity index (χ1) is 13.4. The van der Waals surface area contributed by atoms with Crippen LogP contribution in [0.1, 0.15) is 61.6 Å². The smallest absolute Gasteiger partial charge is 0.315 e. The topological polar surface area (TPSA) is 70.2 Å². The molecule has 1 aromatic rings. The molecule has 4 bridgehead atoms. The molecule has 4 aliphatic carbocycles. The first-order valence-corrected chi connectivity index (χ1v) is 10.8. The van der Waals surface area contributed by atoms with E-state index >= 15 is 0 Å². The van der Waals surface area contributed by atoms with Crippen LogP contribution in [0.3, 0.4) is 0 Å². The summed E-state index contributed by atoms with van der Waals surface area (Å²) in [7, 11) is 0. The van der Waals surface area contributed by atoms with Crippen LogP contribution in [0.15, 0.2) is 18.2 Å². The largest absolute Gasteiger partial charge is 0.352 e. The van der Waals surface area contributed by atoms with Gasteiger partial charge in [0.2, 0.25) is 5.91 Å². The predicted molar refractivity (Wildman–Crippen MR) is 110 cm³/mol. The van der Waals surface area contributed by atoms with E-state index in [1.165, 1.54) is 30.4 Å². The fourth-order valence-corrected chi connectivity index (χ4v) is 6.16. The van der Waals surface area contributed by atoms with Crippen molar-refractivity contribution in [3.63, 3.8) is 0 Å². The lowest BCUT2D eigenvalue weighted by Gasteiger charge is -2.56. The molecular weight excluding hydrogens is 350 g/mol. The van der Waals surface area contributed by atoms with Gasteiger partial charge in [0.1, 0.15) is 0 Å². The summed E-state index contributed by atoms with van der Waals surface area (Å²) in [5, 5.41) is 9.13. The molecule has 3 amide bonds. The molecule has 0 spiro atoms. The van der Waals surface area contributed by atoms with Gasteiger partial charge in [0.05, 0.1) is 0 Å². The second kappa shape index (κ2) is 7.76. The number of urea groups is 1. The highest BCUT2D eigenvalue weighted by atomic mass is 16.2. The number of carbonyl (C=O) groups is 2. The van der Waals surface area contributed by atoms with E-state index in [1.807, 2.05) is 0 Å². The molecule has 4 saturated carbocycles. The number of aryl methyl sites for hydroxylation is 2. The minimum atomic E-state index is -0.107. The lowest BCUT2D eigenvalue weighted by Crippen LogP contribution is -2.61. The number of rotatable bonds is 6. The van der Waals surface area contributed by atoms with Crippen molar-refractivity contribution in [1.29, 1.82) is 0 Å². The predicted octanol–water partition coefficient (Wildman–Crippen LogP) is 3.58. The van der Waals surface area contributed by atoms with E-state index in [4.69, 9.17) is 0 Å². The van der Waals surface area contributed by atoms with Crippen LogP contribution in [0.25, 0.3) is 0 Å². The average molecular weight is 384 g/mol. The lowest BCUT2D eigenvalue weighted by molar-refractivity contribution is -0.121. The second-order valence-electron chi connectivity index (χ2n) is 9.54. The van der Waals surface area contributed by atoms with Crippen molar-refractivity contribution in [1.82, 2.24) is 16.0 Å². The summed E-state index contributed by atoms with van der Waals surface area (Å²) in [5.41, 5.74) is 3.56. The third-order valence-corrected chi connectivity index (χ3v) is 7.03. The highest BCUT2D eigenvalue weighted by Crippen LogP contribution is 2.55. The Morgan fingerprint density at radius 2 is 1.64 bits per heavy atom. The van der Waals surface area contributed by atoms with Gasteiger partial charge in [-0.05, 0) is 81.3 Å². The molecule has 0 heterocycles. The van der Waals surface area contributed by atoms with Crippen LogP contribution < -0.4 is 16.0 Å². The fourth-order valence-electron chi connectivity index (χ4n) is 6.16. The van der Waals surface area contributed by atoms with Crippen LogP contribution in [-0.2, 0) is 11.3 Å². The highest BCUT2D eigenvalue weighted by Gasteiger charge is 2.51. The number of nitrogens with one attached hydrogen (secondary N) is 3. The fraction of sp³-hybridized carbons (Fsp3) is 0.652. The Bertz CT molecular complexity index is 723. The minimum Gasteiger partial charge on any atom is -0.352 e. The molecular formula is C23H33N3O2. The molecule has 0 unspecified atom stereocenters. The number of benzene rings is 1. The van der Waals surface area contributed by atoms with E-state index in [-0.39, 0.29) is 17.5 Å². The standard InChI is InChI=1S/C23H33N3O2/c1-15-3-4-20(16(2)7-15)14-25-21(27)5-6-24-22(28)26-23-11-17-8-18(12-23)10-19(9-17)13-23/h3-4,7,17-19H,5-6,8-14H2,1-2H3,(H,25,27)(H2,24,26,28). The molecule has 3 N–H and O–H groups in total. The Hall–Kier alpha value is -2.04. The van der Waals surface area contributed by atoms with Crippen LogP contribution in [0.2, 0.25) is 0 Å². The monoisotopic (exact) mass is 383 g/mol. The molecule has 4 aliphatic rings. The van der Waals surface area contributed by atoms with Gasteiger partial charge in [-0.2, -0.15) is 0 Å². The molecule has 0 aromatic heterocycles. The maximum atomic E-state index is 12.4. The first-order valence-electron chi connectivity index (χ1n) is 10.8. The van der Waals surface area contributed by atoms with Gasteiger partial charge in [-0.15, -0.1) is 0 Å². The van der Waals surface area contributed by atoms with Crippen LogP contribution >= 0.6 is 0 Å². The van der Waals surface area contributed by atoms with Gasteiger partial charge in [0.15, 0.2) is 0 Å². The third-order valence-electron chi connectivity index (χ3n) is 7.03. The summed E-state index contributed by atoms with van der Waals surface area (Å²) in [6, 6.07) is 6.13. The van der Waals surface area contributed by atoms with Gasteiger partial charge in [-0.25, -0.2) is 4.79 Å². The highest BCUT2D eigenvalue weighted by molar-refractivity contribution is 5.78. The lowest BCUT2D eigenvalue weighted by atomic mass is 9.53. The van der Waals surface area contributed by atoms with Gasteiger partial charge in [0.25, 0.3) is 0 Å². The maximum absolute atomic E-state index is 12.4. The molecule has 4 fully saturated rings. The summed E-state index contributed by atoms with van der Waals surface area (Å²) >= 11 is 0. The van der Waals surface area contributed by atoms with Gasteiger partial charge >= 0.3 is 6.03 Å². The SMILES string of the molecule is Cc1ccc(CNC(=O)CCNC(=O)NC23CC4CC(CC(C4)C2)C3)c(C)c1. The summed E-state index contributed by atoms with van der Waals surface area (Å²) < 4.78 is 0. The molecule has 152 valence electrons. The van der Waals surface area contributed by atoms with Gasteiger partial charge in [-0.1, -0.05) is 23.8 Å². The van der Waals surface area contributed by atoms with Crippen molar-refractivity contribution >= 4 is 11.9 Å². The van der Waals surface area contributed by atoms with E-state index < -0.39 is 0 Å². The second-order valence-corrected chi connectivity index (χ2v) is 9.54. The van der Waals surface area contributed by atoms with Crippen molar-refractivity contribution in [2.45, 2.75) is 70.9 Å². The summed E-state index contributed by atoms with van der Waals surface area (Å²) in [4.78, 5) is 24.5. The summed E-state index contributed by atoms with van der Waals surface area (Å²) in [6.07, 6.45) is 7.82. The van der Waals surface area contributed by atoms with Gasteiger partial charge < -0.3 is 16.0 Å². The molecule has 28 heavy (non-hydrogen) atoms. The van der Waals surface area contributed by atoms with Crippen LogP contribution in [0.5, 0.6) is 0 Å². The average Bonchev–Trinajstić information content (AvgIpc) is 2.59. The molecule has 0 saturated heterocycles. The van der Waals surface area contributed by atoms with Crippen LogP contribution in [0, 0.1) is 31.6 Å². The van der Waals surface area contributed by atoms with Crippen molar-refractivity contribution in [2.24, 2.45) is 17.8 Å². The van der Waals surface area contributed by atoms with Crippen LogP contribution in [0.4, 0.5) is 4.79 Å². The molecule has 1 aromatic carbocycles. The zero-order valence-corrected chi connectivity index (χ0v) is 17.1.